The first-order valence-corrected chi connectivity index (χ1v) is 8.28. The van der Waals surface area contributed by atoms with Gasteiger partial charge in [0.25, 0.3) is 0 Å². The van der Waals surface area contributed by atoms with Crippen molar-refractivity contribution in [3.8, 4) is 0 Å². The van der Waals surface area contributed by atoms with Crippen molar-refractivity contribution in [1.29, 1.82) is 0 Å². The molecule has 2 aliphatic rings. The summed E-state index contributed by atoms with van der Waals surface area (Å²) in [5, 5.41) is 30.0. The number of benzene rings is 1. The molecule has 3 rings (SSSR count). The normalized spacial score (nSPS) is 30.4. The molecule has 1 aliphatic heterocycles. The van der Waals surface area contributed by atoms with Gasteiger partial charge in [-0.1, -0.05) is 23.7 Å². The molecule has 24 heavy (non-hydrogen) atoms. The van der Waals surface area contributed by atoms with Gasteiger partial charge in [-0.2, -0.15) is 0 Å². The number of carboxylic acid groups (broad SMARTS) is 2. The number of aliphatic carboxylic acids is 2. The monoisotopic (exact) mass is 353 g/mol. The van der Waals surface area contributed by atoms with Crippen LogP contribution in [-0.2, 0) is 16.0 Å². The Kier molecular flexibility index (Phi) is 4.32. The number of hydrogen-bond acceptors (Lipinski definition) is 4. The van der Waals surface area contributed by atoms with Crippen LogP contribution in [-0.4, -0.2) is 57.9 Å². The number of likely N-dealkylation sites (tertiary alicyclic amines) is 1. The minimum absolute atomic E-state index is 0.168. The average molecular weight is 354 g/mol. The molecule has 6 nitrogen and oxygen atoms in total. The minimum atomic E-state index is -1.23. The molecular formula is C17H20ClNO5. The van der Waals surface area contributed by atoms with Gasteiger partial charge in [0.05, 0.1) is 16.9 Å². The lowest BCUT2D eigenvalue weighted by molar-refractivity contribution is -0.183. The van der Waals surface area contributed by atoms with E-state index in [0.29, 0.717) is 24.3 Å². The summed E-state index contributed by atoms with van der Waals surface area (Å²) in [5.41, 5.74) is -1.57. The molecule has 1 aliphatic carbocycles. The SMILES string of the molecule is O=C(O)C12CCC1(C(=O)O)CN(CC(O)Cc1cccc(Cl)c1)C2. The van der Waals surface area contributed by atoms with E-state index >= 15 is 0 Å². The van der Waals surface area contributed by atoms with Crippen molar-refractivity contribution < 1.29 is 24.9 Å². The molecule has 3 N–H and O–H groups in total. The Morgan fingerprint density at radius 3 is 2.21 bits per heavy atom. The number of aliphatic hydroxyl groups excluding tert-OH is 1. The molecule has 1 aromatic rings. The van der Waals surface area contributed by atoms with Crippen molar-refractivity contribution in [2.75, 3.05) is 19.6 Å². The van der Waals surface area contributed by atoms with E-state index in [2.05, 4.69) is 0 Å². The molecule has 0 spiro atoms. The number of β-amino-alcohol motifs (C(OH)–C–C–N with tert-alkyl or cyclic N) is 1. The van der Waals surface area contributed by atoms with E-state index < -0.39 is 28.9 Å². The maximum Gasteiger partial charge on any atom is 0.312 e. The highest BCUT2D eigenvalue weighted by Crippen LogP contribution is 2.61. The topological polar surface area (TPSA) is 98.1 Å². The summed E-state index contributed by atoms with van der Waals surface area (Å²) in [7, 11) is 0. The fourth-order valence-electron chi connectivity index (χ4n) is 4.19. The number of aliphatic hydroxyl groups is 1. The highest BCUT2D eigenvalue weighted by molar-refractivity contribution is 6.30. The van der Waals surface area contributed by atoms with E-state index in [1.54, 1.807) is 23.1 Å². The van der Waals surface area contributed by atoms with Gasteiger partial charge in [0.15, 0.2) is 0 Å². The Morgan fingerprint density at radius 1 is 1.17 bits per heavy atom. The van der Waals surface area contributed by atoms with E-state index in [1.165, 1.54) is 0 Å². The first-order chi connectivity index (χ1) is 11.3. The second-order valence-corrected chi connectivity index (χ2v) is 7.37. The quantitative estimate of drug-likeness (QED) is 0.717. The maximum atomic E-state index is 11.7. The van der Waals surface area contributed by atoms with Crippen LogP contribution in [0.4, 0.5) is 0 Å². The van der Waals surface area contributed by atoms with Crippen molar-refractivity contribution in [1.82, 2.24) is 4.90 Å². The van der Waals surface area contributed by atoms with Crippen LogP contribution in [0.15, 0.2) is 24.3 Å². The lowest BCUT2D eigenvalue weighted by atomic mass is 9.51. The van der Waals surface area contributed by atoms with Crippen LogP contribution in [0.1, 0.15) is 18.4 Å². The zero-order valence-corrected chi connectivity index (χ0v) is 13.9. The molecule has 3 atom stereocenters. The summed E-state index contributed by atoms with van der Waals surface area (Å²) in [6.45, 7) is 0.582. The van der Waals surface area contributed by atoms with Crippen molar-refractivity contribution in [3.05, 3.63) is 34.9 Å². The minimum Gasteiger partial charge on any atom is -0.481 e. The number of carboxylic acids is 2. The standard InChI is InChI=1S/C17H20ClNO5/c18-12-3-1-2-11(6-12)7-13(20)8-19-9-16(14(21)22)4-5-17(16,10-19)15(23)24/h1-3,6,13,20H,4-5,7-10H2,(H,21,22)(H,23,24). The van der Waals surface area contributed by atoms with Gasteiger partial charge in [-0.05, 0) is 37.0 Å². The zero-order valence-electron chi connectivity index (χ0n) is 13.1. The molecule has 3 unspecified atom stereocenters. The molecule has 1 aromatic carbocycles. The smallest absolute Gasteiger partial charge is 0.312 e. The lowest BCUT2D eigenvalue weighted by Crippen LogP contribution is -2.59. The molecule has 7 heteroatoms. The number of halogens is 1. The van der Waals surface area contributed by atoms with Gasteiger partial charge >= 0.3 is 11.9 Å². The average Bonchev–Trinajstić information content (AvgIpc) is 2.68. The highest BCUT2D eigenvalue weighted by atomic mass is 35.5. The number of rotatable bonds is 6. The van der Waals surface area contributed by atoms with E-state index in [9.17, 15) is 24.9 Å². The molecule has 130 valence electrons. The molecular weight excluding hydrogens is 334 g/mol. The van der Waals surface area contributed by atoms with Crippen LogP contribution in [0.3, 0.4) is 0 Å². The predicted octanol–water partition coefficient (Wildman–Crippen LogP) is 1.49. The fourth-order valence-corrected chi connectivity index (χ4v) is 4.41. The molecule has 2 fully saturated rings. The van der Waals surface area contributed by atoms with Gasteiger partial charge in [0, 0.05) is 24.7 Å². The second-order valence-electron chi connectivity index (χ2n) is 6.93. The van der Waals surface area contributed by atoms with Gasteiger partial charge in [0.1, 0.15) is 0 Å². The van der Waals surface area contributed by atoms with Crippen LogP contribution in [0, 0.1) is 10.8 Å². The van der Waals surface area contributed by atoms with Crippen molar-refractivity contribution in [2.45, 2.75) is 25.4 Å². The Morgan fingerprint density at radius 2 is 1.75 bits per heavy atom. The molecule has 0 bridgehead atoms. The van der Waals surface area contributed by atoms with Crippen LogP contribution in [0.5, 0.6) is 0 Å². The van der Waals surface area contributed by atoms with Crippen LogP contribution in [0.2, 0.25) is 5.02 Å². The van der Waals surface area contributed by atoms with Crippen molar-refractivity contribution in [2.24, 2.45) is 10.8 Å². The molecule has 1 saturated carbocycles. The summed E-state index contributed by atoms with van der Waals surface area (Å²) < 4.78 is 0. The third-order valence-corrected chi connectivity index (χ3v) is 5.76. The summed E-state index contributed by atoms with van der Waals surface area (Å²) in [6, 6.07) is 7.19. The molecule has 1 heterocycles. The van der Waals surface area contributed by atoms with Crippen LogP contribution in [0.25, 0.3) is 0 Å². The summed E-state index contributed by atoms with van der Waals surface area (Å²) in [6.07, 6.45) is 0.417. The number of hydrogen-bond donors (Lipinski definition) is 3. The molecule has 0 aromatic heterocycles. The van der Waals surface area contributed by atoms with E-state index in [1.807, 2.05) is 6.07 Å². The molecule has 1 saturated heterocycles. The largest absolute Gasteiger partial charge is 0.481 e. The number of fused-ring (bicyclic) bond motifs is 1. The summed E-state index contributed by atoms with van der Waals surface area (Å²) >= 11 is 5.93. The van der Waals surface area contributed by atoms with Gasteiger partial charge < -0.3 is 15.3 Å². The van der Waals surface area contributed by atoms with E-state index in [-0.39, 0.29) is 19.6 Å². The first-order valence-electron chi connectivity index (χ1n) is 7.91. The predicted molar refractivity (Wildman–Crippen MR) is 87.0 cm³/mol. The molecule has 0 radical (unpaired) electrons. The second kappa shape index (κ2) is 6.02. The first kappa shape index (κ1) is 17.2. The lowest BCUT2D eigenvalue weighted by Gasteiger charge is -2.48. The van der Waals surface area contributed by atoms with Gasteiger partial charge in [-0.15, -0.1) is 0 Å². The Balaban J connectivity index is 1.69. The zero-order chi connectivity index (χ0) is 17.5. The molecule has 0 amide bonds. The van der Waals surface area contributed by atoms with Gasteiger partial charge in [-0.3, -0.25) is 14.5 Å². The van der Waals surface area contributed by atoms with Crippen molar-refractivity contribution >= 4 is 23.5 Å². The highest BCUT2D eigenvalue weighted by Gasteiger charge is 2.72. The van der Waals surface area contributed by atoms with E-state index in [0.717, 1.165) is 5.56 Å². The Hall–Kier alpha value is -1.63. The van der Waals surface area contributed by atoms with Gasteiger partial charge in [0.2, 0.25) is 0 Å². The van der Waals surface area contributed by atoms with Gasteiger partial charge in [-0.25, -0.2) is 0 Å². The third kappa shape index (κ3) is 2.59. The van der Waals surface area contributed by atoms with E-state index in [4.69, 9.17) is 11.6 Å². The number of nitrogens with zero attached hydrogens (tertiary/aromatic N) is 1. The maximum absolute atomic E-state index is 11.7. The van der Waals surface area contributed by atoms with Crippen molar-refractivity contribution in [3.63, 3.8) is 0 Å². The summed E-state index contributed by atoms with van der Waals surface area (Å²) in [4.78, 5) is 25.1. The Labute approximate surface area is 144 Å². The fraction of sp³-hybridized carbons (Fsp3) is 0.529. The third-order valence-electron chi connectivity index (χ3n) is 5.53. The van der Waals surface area contributed by atoms with Crippen LogP contribution < -0.4 is 0 Å². The van der Waals surface area contributed by atoms with Crippen LogP contribution >= 0.6 is 11.6 Å². The number of carbonyl (C=O) groups is 2. The summed E-state index contributed by atoms with van der Waals surface area (Å²) in [5.74, 6) is -2.11. The Bertz CT molecular complexity index is 651.